The predicted octanol–water partition coefficient (Wildman–Crippen LogP) is 4.44. The second-order valence-corrected chi connectivity index (χ2v) is 6.28. The molecule has 0 saturated heterocycles. The van der Waals surface area contributed by atoms with Gasteiger partial charge in [-0.05, 0) is 52.2 Å². The Labute approximate surface area is 156 Å². The van der Waals surface area contributed by atoms with Gasteiger partial charge in [0.15, 0.2) is 18.1 Å². The number of nitrogens with one attached hydrogen (secondary N) is 1. The van der Waals surface area contributed by atoms with Crippen LogP contribution in [-0.2, 0) is 11.2 Å². The van der Waals surface area contributed by atoms with E-state index in [0.717, 1.165) is 17.3 Å². The highest BCUT2D eigenvalue weighted by Gasteiger charge is 2.09. The zero-order chi connectivity index (χ0) is 18.2. The summed E-state index contributed by atoms with van der Waals surface area (Å²) < 4.78 is 16.8. The number of ether oxygens (including phenoxy) is 3. The van der Waals surface area contributed by atoms with Gasteiger partial charge in [0, 0.05) is 11.8 Å². The molecule has 134 valence electrons. The van der Waals surface area contributed by atoms with Gasteiger partial charge < -0.3 is 19.5 Å². The molecule has 0 heterocycles. The number of rotatable bonds is 8. The molecule has 0 aliphatic carbocycles. The summed E-state index contributed by atoms with van der Waals surface area (Å²) >= 11 is 3.48. The summed E-state index contributed by atoms with van der Waals surface area (Å²) in [7, 11) is 3.11. The van der Waals surface area contributed by atoms with Crippen LogP contribution in [0.3, 0.4) is 0 Å². The van der Waals surface area contributed by atoms with Crippen LogP contribution in [0.5, 0.6) is 17.2 Å². The van der Waals surface area contributed by atoms with Crippen LogP contribution < -0.4 is 19.5 Å². The molecule has 0 bridgehead atoms. The van der Waals surface area contributed by atoms with Gasteiger partial charge in [0.25, 0.3) is 5.91 Å². The van der Waals surface area contributed by atoms with Gasteiger partial charge in [-0.3, -0.25) is 4.79 Å². The molecule has 0 spiro atoms. The average molecular weight is 408 g/mol. The van der Waals surface area contributed by atoms with Gasteiger partial charge in [0.2, 0.25) is 0 Å². The Morgan fingerprint density at radius 1 is 1.04 bits per heavy atom. The Balaban J connectivity index is 1.95. The summed E-state index contributed by atoms with van der Waals surface area (Å²) in [5.41, 5.74) is 1.85. The lowest BCUT2D eigenvalue weighted by Gasteiger charge is -2.12. The van der Waals surface area contributed by atoms with E-state index < -0.39 is 0 Å². The molecule has 2 aromatic carbocycles. The van der Waals surface area contributed by atoms with E-state index in [1.54, 1.807) is 32.4 Å². The molecule has 0 unspecified atom stereocenters. The van der Waals surface area contributed by atoms with Gasteiger partial charge in [-0.25, -0.2) is 0 Å². The van der Waals surface area contributed by atoms with Crippen molar-refractivity contribution >= 4 is 27.5 Å². The fourth-order valence-corrected chi connectivity index (χ4v) is 2.90. The molecule has 2 aromatic rings. The van der Waals surface area contributed by atoms with Crippen molar-refractivity contribution in [3.63, 3.8) is 0 Å². The smallest absolute Gasteiger partial charge is 0.262 e. The number of benzene rings is 2. The van der Waals surface area contributed by atoms with E-state index in [1.165, 1.54) is 5.56 Å². The Kier molecular flexibility index (Phi) is 7.13. The molecular weight excluding hydrogens is 386 g/mol. The van der Waals surface area contributed by atoms with Crippen molar-refractivity contribution in [2.24, 2.45) is 0 Å². The lowest BCUT2D eigenvalue weighted by molar-refractivity contribution is -0.118. The number of hydrogen-bond acceptors (Lipinski definition) is 4. The molecule has 2 rings (SSSR count). The summed E-state index contributed by atoms with van der Waals surface area (Å²) in [6, 6.07) is 11.1. The first-order valence-corrected chi connectivity index (χ1v) is 8.79. The summed E-state index contributed by atoms with van der Waals surface area (Å²) in [6.07, 6.45) is 2.10. The summed E-state index contributed by atoms with van der Waals surface area (Å²) in [4.78, 5) is 12.1. The lowest BCUT2D eigenvalue weighted by atomic mass is 10.1. The molecule has 1 amide bonds. The first-order valence-electron chi connectivity index (χ1n) is 8.00. The van der Waals surface area contributed by atoms with E-state index in [9.17, 15) is 4.79 Å². The lowest BCUT2D eigenvalue weighted by Crippen LogP contribution is -2.20. The maximum absolute atomic E-state index is 12.1. The van der Waals surface area contributed by atoms with Crippen LogP contribution in [0.4, 0.5) is 5.69 Å². The van der Waals surface area contributed by atoms with Crippen molar-refractivity contribution in [1.82, 2.24) is 0 Å². The standard InChI is InChI=1S/C19H22BrNO4/c1-4-5-13-6-8-16(15(20)10-13)25-12-19(22)21-14-7-9-17(23-2)18(11-14)24-3/h6-11H,4-5,12H2,1-3H3,(H,21,22). The third-order valence-corrected chi connectivity index (χ3v) is 4.18. The molecule has 0 fully saturated rings. The molecule has 0 atom stereocenters. The minimum atomic E-state index is -0.253. The maximum Gasteiger partial charge on any atom is 0.262 e. The molecular formula is C19H22BrNO4. The first-order chi connectivity index (χ1) is 12.1. The highest BCUT2D eigenvalue weighted by molar-refractivity contribution is 9.10. The number of halogens is 1. The SMILES string of the molecule is CCCc1ccc(OCC(=O)Nc2ccc(OC)c(OC)c2)c(Br)c1. The maximum atomic E-state index is 12.1. The Bertz CT molecular complexity index is 733. The highest BCUT2D eigenvalue weighted by atomic mass is 79.9. The summed E-state index contributed by atoms with van der Waals surface area (Å²) in [5, 5.41) is 2.77. The minimum Gasteiger partial charge on any atom is -0.493 e. The van der Waals surface area contributed by atoms with Crippen LogP contribution in [0.15, 0.2) is 40.9 Å². The van der Waals surface area contributed by atoms with Crippen LogP contribution in [0.2, 0.25) is 0 Å². The van der Waals surface area contributed by atoms with Crippen LogP contribution in [0.1, 0.15) is 18.9 Å². The number of aryl methyl sites for hydroxylation is 1. The van der Waals surface area contributed by atoms with Crippen molar-refractivity contribution in [2.75, 3.05) is 26.1 Å². The molecule has 6 heteroatoms. The van der Waals surface area contributed by atoms with E-state index in [1.807, 2.05) is 18.2 Å². The first kappa shape index (κ1) is 19.1. The fraction of sp³-hybridized carbons (Fsp3) is 0.316. The number of hydrogen-bond donors (Lipinski definition) is 1. The molecule has 0 saturated carbocycles. The number of amides is 1. The number of carbonyl (C=O) groups is 1. The van der Waals surface area contributed by atoms with Gasteiger partial charge >= 0.3 is 0 Å². The largest absolute Gasteiger partial charge is 0.493 e. The van der Waals surface area contributed by atoms with Gasteiger partial charge in [0.1, 0.15) is 5.75 Å². The minimum absolute atomic E-state index is 0.0833. The summed E-state index contributed by atoms with van der Waals surface area (Å²) in [6.45, 7) is 2.05. The van der Waals surface area contributed by atoms with Crippen molar-refractivity contribution in [3.8, 4) is 17.2 Å². The Hall–Kier alpha value is -2.21. The monoisotopic (exact) mass is 407 g/mol. The van der Waals surface area contributed by atoms with Gasteiger partial charge in [-0.2, -0.15) is 0 Å². The van der Waals surface area contributed by atoms with Crippen molar-refractivity contribution in [3.05, 3.63) is 46.4 Å². The number of methoxy groups -OCH3 is 2. The summed E-state index contributed by atoms with van der Waals surface area (Å²) in [5.74, 6) is 1.54. The van der Waals surface area contributed by atoms with Crippen LogP contribution in [0.25, 0.3) is 0 Å². The number of anilines is 1. The number of carbonyl (C=O) groups excluding carboxylic acids is 1. The molecule has 0 radical (unpaired) electrons. The van der Waals surface area contributed by atoms with Crippen LogP contribution in [0, 0.1) is 0 Å². The van der Waals surface area contributed by atoms with E-state index in [4.69, 9.17) is 14.2 Å². The zero-order valence-electron chi connectivity index (χ0n) is 14.6. The topological polar surface area (TPSA) is 56.8 Å². The average Bonchev–Trinajstić information content (AvgIpc) is 2.61. The molecule has 25 heavy (non-hydrogen) atoms. The zero-order valence-corrected chi connectivity index (χ0v) is 16.2. The Morgan fingerprint density at radius 2 is 1.76 bits per heavy atom. The molecule has 0 aliphatic rings. The van der Waals surface area contributed by atoms with Gasteiger partial charge in [-0.15, -0.1) is 0 Å². The second kappa shape index (κ2) is 9.32. The molecule has 1 N–H and O–H groups in total. The van der Waals surface area contributed by atoms with E-state index in [2.05, 4.69) is 28.2 Å². The van der Waals surface area contributed by atoms with Gasteiger partial charge in [0.05, 0.1) is 18.7 Å². The van der Waals surface area contributed by atoms with Crippen molar-refractivity contribution in [1.29, 1.82) is 0 Å². The normalized spacial score (nSPS) is 10.2. The van der Waals surface area contributed by atoms with E-state index in [-0.39, 0.29) is 12.5 Å². The Morgan fingerprint density at radius 3 is 2.40 bits per heavy atom. The van der Waals surface area contributed by atoms with Gasteiger partial charge in [-0.1, -0.05) is 19.4 Å². The van der Waals surface area contributed by atoms with E-state index in [0.29, 0.717) is 22.9 Å². The second-order valence-electron chi connectivity index (χ2n) is 5.42. The van der Waals surface area contributed by atoms with Crippen molar-refractivity contribution < 1.29 is 19.0 Å². The van der Waals surface area contributed by atoms with Crippen LogP contribution >= 0.6 is 15.9 Å². The predicted molar refractivity (Wildman–Crippen MR) is 102 cm³/mol. The quantitative estimate of drug-likeness (QED) is 0.702. The van der Waals surface area contributed by atoms with E-state index >= 15 is 0 Å². The molecule has 5 nitrogen and oxygen atoms in total. The third kappa shape index (κ3) is 5.39. The third-order valence-electron chi connectivity index (χ3n) is 3.56. The molecule has 0 aromatic heterocycles. The molecule has 0 aliphatic heterocycles. The fourth-order valence-electron chi connectivity index (χ4n) is 2.36. The highest BCUT2D eigenvalue weighted by Crippen LogP contribution is 2.30. The van der Waals surface area contributed by atoms with Crippen LogP contribution in [-0.4, -0.2) is 26.7 Å². The van der Waals surface area contributed by atoms with Crippen molar-refractivity contribution in [2.45, 2.75) is 19.8 Å².